The number of nitrogens with two attached hydrogens (primary N) is 2. The number of para-hydroxylation sites is 1. The highest BCUT2D eigenvalue weighted by Crippen LogP contribution is 2.48. The number of carbonyl (C=O) groups is 1. The molecule has 5 aromatic rings. The van der Waals surface area contributed by atoms with Crippen LogP contribution in [-0.2, 0) is 28.1 Å². The zero-order chi connectivity index (χ0) is 46.7. The Kier molecular flexibility index (Phi) is 13.9. The molecule has 1 aromatic carbocycles. The summed E-state index contributed by atoms with van der Waals surface area (Å²) in [6.07, 6.45) is 3.56. The van der Waals surface area contributed by atoms with Gasteiger partial charge in [0.05, 0.1) is 32.0 Å². The van der Waals surface area contributed by atoms with Gasteiger partial charge < -0.3 is 56.2 Å². The van der Waals surface area contributed by atoms with E-state index >= 15 is 8.78 Å². The van der Waals surface area contributed by atoms with E-state index in [1.807, 2.05) is 11.8 Å². The summed E-state index contributed by atoms with van der Waals surface area (Å²) in [7, 11) is -1.12. The molecule has 6 heterocycles. The van der Waals surface area contributed by atoms with Crippen LogP contribution in [0.4, 0.5) is 32.3 Å². The van der Waals surface area contributed by atoms with E-state index in [4.69, 9.17) is 47.6 Å². The standard InChI is InChI=1S/C25H31FN7O7P.C13H15FN6O3/c1-6-25(26)19(34)17(39-23(25)33-13-29-18-20(28-5)30-24(27)31-21(18)33)12-37-41(36,40-16-10-8-7-9-11-16)32-15(4)22(35)38-14(2)3;1-3-13(14)8(22)6(4-21)23-11(13)20-5-17-7-9(16-2)18-12(15)19-10(7)20/h1,7-11,13-15,17,19,23,34H,12H2,2-5H3,(H,32,36)(H3,27,28,30,31);1,5-6,8,11,21-22H,4H2,2H3,(H3,15,16,18,19)/t15-,17+,19+,23+,25+,41?;6-,8-,11-,13-/m01/s1. The van der Waals surface area contributed by atoms with Crippen LogP contribution >= 0.6 is 7.75 Å². The van der Waals surface area contributed by atoms with Crippen molar-refractivity contribution in [2.24, 2.45) is 0 Å². The fourth-order valence-corrected chi connectivity index (χ4v) is 8.20. The van der Waals surface area contributed by atoms with Crippen molar-refractivity contribution >= 4 is 59.6 Å². The van der Waals surface area contributed by atoms with E-state index in [-0.39, 0.29) is 40.3 Å². The van der Waals surface area contributed by atoms with Gasteiger partial charge in [-0.05, 0) is 32.9 Å². The van der Waals surface area contributed by atoms with Gasteiger partial charge in [0.15, 0.2) is 46.4 Å². The summed E-state index contributed by atoms with van der Waals surface area (Å²) >= 11 is 0. The molecule has 0 aliphatic carbocycles. The number of esters is 1. The highest BCUT2D eigenvalue weighted by atomic mass is 31.2. The maximum Gasteiger partial charge on any atom is 0.459 e. The smallest absolute Gasteiger partial charge is 0.459 e. The Morgan fingerprint density at radius 1 is 0.891 bits per heavy atom. The fraction of sp³-hybridized carbons (Fsp3) is 0.447. The summed E-state index contributed by atoms with van der Waals surface area (Å²) in [4.78, 5) is 36.9. The van der Waals surface area contributed by atoms with E-state index in [9.17, 15) is 24.7 Å². The van der Waals surface area contributed by atoms with E-state index in [0.717, 1.165) is 0 Å². The third kappa shape index (κ3) is 9.06. The first kappa shape index (κ1) is 47.2. The molecule has 0 spiro atoms. The molecule has 0 amide bonds. The Labute approximate surface area is 363 Å². The number of aliphatic hydroxyl groups is 3. The number of anilines is 4. The summed E-state index contributed by atoms with van der Waals surface area (Å²) in [6, 6.07) is 6.92. The minimum absolute atomic E-state index is 0.0500. The first-order valence-corrected chi connectivity index (χ1v) is 20.8. The first-order valence-electron chi connectivity index (χ1n) is 19.3. The van der Waals surface area contributed by atoms with E-state index in [1.165, 1.54) is 40.8 Å². The van der Waals surface area contributed by atoms with Crippen molar-refractivity contribution in [2.45, 2.75) is 81.1 Å². The summed E-state index contributed by atoms with van der Waals surface area (Å²) in [5, 5.41) is 38.3. The normalized spacial score (nSPS) is 26.6. The number of nitrogens with one attached hydrogen (secondary N) is 3. The number of aliphatic hydroxyl groups excluding tert-OH is 3. The number of fused-ring (bicyclic) bond motifs is 2. The second kappa shape index (κ2) is 18.8. The summed E-state index contributed by atoms with van der Waals surface area (Å²) < 4.78 is 74.9. The fourth-order valence-electron chi connectivity index (χ4n) is 6.70. The SMILES string of the molecule is C#C[C@@]1(F)[C@H](O)[C@@H](CO)O[C@H]1n1cnc2c(NC)nc(N)nc21.C#C[C@@]1(F)[C@H](O)[C@@H](COP(=O)(N[C@@H](C)C(=O)OC(C)C)Oc2ccccc2)O[C@H]1n1cnc2c(NC)nc(N)nc21. The Balaban J connectivity index is 0.000000249. The molecular weight excluding hydrogens is 867 g/mol. The highest BCUT2D eigenvalue weighted by molar-refractivity contribution is 7.52. The molecule has 10 N–H and O–H groups in total. The van der Waals surface area contributed by atoms with Crippen molar-refractivity contribution < 1.29 is 56.7 Å². The van der Waals surface area contributed by atoms with Crippen LogP contribution < -0.4 is 31.7 Å². The Bertz CT molecular complexity index is 2610. The minimum atomic E-state index is -4.34. The Morgan fingerprint density at radius 2 is 1.38 bits per heavy atom. The number of hydrogen-bond acceptors (Lipinski definition) is 20. The van der Waals surface area contributed by atoms with Crippen molar-refractivity contribution in [3.05, 3.63) is 43.0 Å². The highest BCUT2D eigenvalue weighted by Gasteiger charge is 2.59. The molecule has 342 valence electrons. The van der Waals surface area contributed by atoms with Gasteiger partial charge in [0.2, 0.25) is 23.2 Å². The molecule has 0 bridgehead atoms. The van der Waals surface area contributed by atoms with Crippen LogP contribution in [0.25, 0.3) is 22.3 Å². The third-order valence-electron chi connectivity index (χ3n) is 9.80. The second-order valence-electron chi connectivity index (χ2n) is 14.5. The van der Waals surface area contributed by atoms with Crippen molar-refractivity contribution in [2.75, 3.05) is 49.4 Å². The zero-order valence-corrected chi connectivity index (χ0v) is 35.8. The lowest BCUT2D eigenvalue weighted by molar-refractivity contribution is -0.149. The number of aromatic nitrogens is 8. The molecule has 2 aliphatic heterocycles. The predicted octanol–water partition coefficient (Wildman–Crippen LogP) is 1.23. The number of ether oxygens (including phenoxy) is 3. The molecule has 23 nitrogen and oxygen atoms in total. The lowest BCUT2D eigenvalue weighted by atomic mass is 9.97. The van der Waals surface area contributed by atoms with E-state index in [1.54, 1.807) is 46.1 Å². The van der Waals surface area contributed by atoms with Crippen LogP contribution in [0.15, 0.2) is 43.0 Å². The molecule has 0 radical (unpaired) electrons. The summed E-state index contributed by atoms with van der Waals surface area (Å²) in [5.74, 6) is 3.78. The van der Waals surface area contributed by atoms with Gasteiger partial charge in [0.25, 0.3) is 0 Å². The van der Waals surface area contributed by atoms with Crippen LogP contribution in [0.2, 0.25) is 0 Å². The Hall–Kier alpha value is -6.28. The van der Waals surface area contributed by atoms with Gasteiger partial charge in [0, 0.05) is 14.1 Å². The average Bonchev–Trinajstić information content (AvgIpc) is 4.01. The van der Waals surface area contributed by atoms with Crippen molar-refractivity contribution in [1.29, 1.82) is 0 Å². The lowest BCUT2D eigenvalue weighted by Gasteiger charge is -2.25. The largest absolute Gasteiger partial charge is 0.462 e. The number of carbonyl (C=O) groups excluding carboxylic acids is 1. The molecule has 2 saturated heterocycles. The van der Waals surface area contributed by atoms with Gasteiger partial charge in [-0.3, -0.25) is 18.5 Å². The molecule has 1 unspecified atom stereocenters. The molecule has 10 atom stereocenters. The zero-order valence-electron chi connectivity index (χ0n) is 34.9. The number of nitrogen functional groups attached to an aromatic ring is 2. The molecule has 26 heteroatoms. The van der Waals surface area contributed by atoms with Gasteiger partial charge in [-0.25, -0.2) is 23.3 Å². The van der Waals surface area contributed by atoms with Crippen molar-refractivity contribution in [1.82, 2.24) is 44.1 Å². The monoisotopic (exact) mass is 913 g/mol. The third-order valence-corrected chi connectivity index (χ3v) is 11.4. The number of imidazole rings is 2. The van der Waals surface area contributed by atoms with Gasteiger partial charge in [-0.15, -0.1) is 12.8 Å². The van der Waals surface area contributed by atoms with Crippen molar-refractivity contribution in [3.8, 4) is 30.4 Å². The first-order chi connectivity index (χ1) is 30.4. The van der Waals surface area contributed by atoms with Gasteiger partial charge in [-0.2, -0.15) is 25.0 Å². The maximum atomic E-state index is 16.1. The maximum absolute atomic E-state index is 16.1. The minimum Gasteiger partial charge on any atom is -0.462 e. The number of halogens is 2. The predicted molar refractivity (Wildman–Crippen MR) is 225 cm³/mol. The van der Waals surface area contributed by atoms with Crippen LogP contribution in [0, 0.1) is 24.7 Å². The van der Waals surface area contributed by atoms with E-state index in [0.29, 0.717) is 11.3 Å². The number of nitrogens with zero attached hydrogens (tertiary/aromatic N) is 8. The van der Waals surface area contributed by atoms with Crippen molar-refractivity contribution in [3.63, 3.8) is 0 Å². The number of terminal acetylenes is 2. The Morgan fingerprint density at radius 3 is 1.83 bits per heavy atom. The number of hydrogen-bond donors (Lipinski definition) is 8. The van der Waals surface area contributed by atoms with Gasteiger partial charge >= 0.3 is 13.7 Å². The van der Waals surface area contributed by atoms with Crippen LogP contribution in [-0.4, -0.2) is 136 Å². The molecule has 4 aromatic heterocycles. The second-order valence-corrected chi connectivity index (χ2v) is 16.2. The molecular formula is C38H46F2N13O10P. The molecule has 7 rings (SSSR count). The number of rotatable bonds is 14. The van der Waals surface area contributed by atoms with Crippen LogP contribution in [0.5, 0.6) is 5.75 Å². The van der Waals surface area contributed by atoms with Gasteiger partial charge in [0.1, 0.15) is 36.2 Å². The number of alkyl halides is 2. The van der Waals surface area contributed by atoms with Crippen LogP contribution in [0.1, 0.15) is 33.2 Å². The molecule has 2 fully saturated rings. The average molecular weight is 914 g/mol. The molecule has 0 saturated carbocycles. The van der Waals surface area contributed by atoms with E-state index in [2.05, 4.69) is 45.6 Å². The van der Waals surface area contributed by atoms with Crippen LogP contribution in [0.3, 0.4) is 0 Å². The molecule has 2 aliphatic rings. The summed E-state index contributed by atoms with van der Waals surface area (Å²) in [6.45, 7) is 3.49. The summed E-state index contributed by atoms with van der Waals surface area (Å²) in [5.41, 5.74) is 6.97. The number of benzene rings is 1. The lowest BCUT2D eigenvalue weighted by Crippen LogP contribution is -2.42. The quantitative estimate of drug-likeness (QED) is 0.0441. The van der Waals surface area contributed by atoms with E-state index < -0.39 is 87.3 Å². The van der Waals surface area contributed by atoms with Gasteiger partial charge in [-0.1, -0.05) is 30.0 Å². The topological polar surface area (TPSA) is 316 Å². The molecule has 64 heavy (non-hydrogen) atoms.